The Bertz CT molecular complexity index is 425. The summed E-state index contributed by atoms with van der Waals surface area (Å²) in [6.07, 6.45) is 4.33. The van der Waals surface area contributed by atoms with Crippen molar-refractivity contribution in [2.75, 3.05) is 26.7 Å². The molecule has 1 aromatic rings. The average molecular weight is 261 g/mol. The summed E-state index contributed by atoms with van der Waals surface area (Å²) >= 11 is 0. The Morgan fingerprint density at radius 1 is 1.63 bits per heavy atom. The van der Waals surface area contributed by atoms with Gasteiger partial charge in [0.15, 0.2) is 0 Å². The summed E-state index contributed by atoms with van der Waals surface area (Å²) in [5.74, 6) is 0.657. The number of hydrogen-bond donors (Lipinski definition) is 2. The fraction of sp³-hybridized carbons (Fsp3) is 0.538. The summed E-state index contributed by atoms with van der Waals surface area (Å²) in [4.78, 5) is 4.35. The lowest BCUT2D eigenvalue weighted by molar-refractivity contribution is 0.222. The smallest absolute Gasteiger partial charge is 0.138 e. The zero-order valence-corrected chi connectivity index (χ0v) is 11.0. The molecule has 2 unspecified atom stereocenters. The van der Waals surface area contributed by atoms with Crippen LogP contribution in [0.25, 0.3) is 0 Å². The first-order chi connectivity index (χ1) is 9.33. The highest BCUT2D eigenvalue weighted by molar-refractivity contribution is 5.64. The van der Waals surface area contributed by atoms with Crippen molar-refractivity contribution in [3.8, 4) is 5.75 Å². The van der Waals surface area contributed by atoms with Crippen molar-refractivity contribution in [2.24, 2.45) is 10.2 Å². The summed E-state index contributed by atoms with van der Waals surface area (Å²) in [6.45, 7) is 2.36. The minimum absolute atomic E-state index is 0.120. The number of pyridine rings is 1. The van der Waals surface area contributed by atoms with Crippen molar-refractivity contribution >= 4 is 6.21 Å². The molecule has 0 amide bonds. The van der Waals surface area contributed by atoms with E-state index < -0.39 is 0 Å². The highest BCUT2D eigenvalue weighted by Crippen LogP contribution is 2.18. The molecule has 2 rings (SSSR count). The maximum Gasteiger partial charge on any atom is 0.138 e. The lowest BCUT2D eigenvalue weighted by Gasteiger charge is -2.13. The van der Waals surface area contributed by atoms with Crippen LogP contribution in [0.5, 0.6) is 5.75 Å². The molecule has 6 nitrogen and oxygen atoms in total. The van der Waals surface area contributed by atoms with Gasteiger partial charge in [-0.1, -0.05) is 0 Å². The minimum atomic E-state index is -0.120. The predicted molar refractivity (Wildman–Crippen MR) is 73.3 cm³/mol. The topological polar surface area (TPSA) is 82.7 Å². The van der Waals surface area contributed by atoms with Crippen molar-refractivity contribution in [3.63, 3.8) is 0 Å². The molecule has 0 spiro atoms. The van der Waals surface area contributed by atoms with E-state index in [1.54, 1.807) is 13.2 Å². The molecule has 2 N–H and O–H groups in total. The SMILES string of the molecule is CN=NCC(C=N)c1ccc(OC2CCNC2)cn1. The highest BCUT2D eigenvalue weighted by atomic mass is 16.5. The molecule has 1 saturated heterocycles. The first kappa shape index (κ1) is 13.6. The molecule has 2 atom stereocenters. The van der Waals surface area contributed by atoms with Gasteiger partial charge in [0.2, 0.25) is 0 Å². The standard InChI is InChI=1S/C13H19N5O/c1-15-18-7-10(6-14)13-3-2-11(9-17-13)19-12-4-5-16-8-12/h2-3,6,9-10,12,14,16H,4-5,7-8H2,1H3. The second kappa shape index (κ2) is 6.94. The van der Waals surface area contributed by atoms with Crippen LogP contribution < -0.4 is 10.1 Å². The van der Waals surface area contributed by atoms with Gasteiger partial charge in [-0.15, -0.1) is 0 Å². The van der Waals surface area contributed by atoms with Crippen LogP contribution in [0.15, 0.2) is 28.6 Å². The van der Waals surface area contributed by atoms with Crippen molar-refractivity contribution in [1.82, 2.24) is 10.3 Å². The van der Waals surface area contributed by atoms with Gasteiger partial charge in [-0.05, 0) is 25.1 Å². The average Bonchev–Trinajstić information content (AvgIpc) is 2.94. The summed E-state index contributed by atoms with van der Waals surface area (Å²) in [5.41, 5.74) is 0.819. The molecule has 0 bridgehead atoms. The third-order valence-electron chi connectivity index (χ3n) is 3.08. The van der Waals surface area contributed by atoms with Gasteiger partial charge in [0.05, 0.1) is 24.4 Å². The predicted octanol–water partition coefficient (Wildman–Crippen LogP) is 1.64. The van der Waals surface area contributed by atoms with E-state index in [4.69, 9.17) is 10.1 Å². The van der Waals surface area contributed by atoms with E-state index in [-0.39, 0.29) is 12.0 Å². The van der Waals surface area contributed by atoms with Gasteiger partial charge in [-0.2, -0.15) is 10.2 Å². The van der Waals surface area contributed by atoms with Crippen molar-refractivity contribution in [1.29, 1.82) is 5.41 Å². The van der Waals surface area contributed by atoms with Gasteiger partial charge >= 0.3 is 0 Å². The van der Waals surface area contributed by atoms with Crippen LogP contribution in [0.2, 0.25) is 0 Å². The van der Waals surface area contributed by atoms with E-state index in [2.05, 4.69) is 20.5 Å². The molecule has 0 aromatic carbocycles. The molecule has 102 valence electrons. The van der Waals surface area contributed by atoms with E-state index in [1.807, 2.05) is 12.1 Å². The van der Waals surface area contributed by atoms with Crippen LogP contribution in [0.4, 0.5) is 0 Å². The van der Waals surface area contributed by atoms with Crippen LogP contribution >= 0.6 is 0 Å². The molecular weight excluding hydrogens is 242 g/mol. The normalized spacial score (nSPS) is 20.6. The van der Waals surface area contributed by atoms with E-state index in [0.29, 0.717) is 6.54 Å². The summed E-state index contributed by atoms with van der Waals surface area (Å²) in [5, 5.41) is 18.3. The van der Waals surface area contributed by atoms with Crippen LogP contribution in [-0.4, -0.2) is 44.0 Å². The molecule has 1 aliphatic heterocycles. The highest BCUT2D eigenvalue weighted by Gasteiger charge is 2.16. The first-order valence-electron chi connectivity index (χ1n) is 6.43. The Labute approximate surface area is 112 Å². The Hall–Kier alpha value is -1.82. The second-order valence-electron chi connectivity index (χ2n) is 4.45. The van der Waals surface area contributed by atoms with E-state index in [9.17, 15) is 0 Å². The summed E-state index contributed by atoms with van der Waals surface area (Å²) < 4.78 is 5.80. The summed E-state index contributed by atoms with van der Waals surface area (Å²) in [7, 11) is 1.63. The van der Waals surface area contributed by atoms with Crippen molar-refractivity contribution in [2.45, 2.75) is 18.4 Å². The fourth-order valence-electron chi connectivity index (χ4n) is 2.00. The summed E-state index contributed by atoms with van der Waals surface area (Å²) in [6, 6.07) is 3.79. The van der Waals surface area contributed by atoms with Crippen LogP contribution in [0.3, 0.4) is 0 Å². The number of hydrogen-bond acceptors (Lipinski definition) is 6. The fourth-order valence-corrected chi connectivity index (χ4v) is 2.00. The van der Waals surface area contributed by atoms with Gasteiger partial charge in [0, 0.05) is 19.8 Å². The van der Waals surface area contributed by atoms with Gasteiger partial charge < -0.3 is 15.5 Å². The number of nitrogens with zero attached hydrogens (tertiary/aromatic N) is 3. The maximum absolute atomic E-state index is 7.40. The third-order valence-corrected chi connectivity index (χ3v) is 3.08. The molecule has 19 heavy (non-hydrogen) atoms. The number of azo groups is 1. The quantitative estimate of drug-likeness (QED) is 0.603. The monoisotopic (exact) mass is 261 g/mol. The minimum Gasteiger partial charge on any atom is -0.487 e. The second-order valence-corrected chi connectivity index (χ2v) is 4.45. The maximum atomic E-state index is 7.40. The van der Waals surface area contributed by atoms with Gasteiger partial charge in [0.1, 0.15) is 11.9 Å². The van der Waals surface area contributed by atoms with E-state index >= 15 is 0 Å². The molecule has 0 saturated carbocycles. The third kappa shape index (κ3) is 3.82. The number of aromatic nitrogens is 1. The molecule has 6 heteroatoms. The molecule has 1 aliphatic rings. The molecule has 2 heterocycles. The first-order valence-corrected chi connectivity index (χ1v) is 6.43. The van der Waals surface area contributed by atoms with Crippen molar-refractivity contribution in [3.05, 3.63) is 24.0 Å². The number of nitrogens with one attached hydrogen (secondary N) is 2. The lowest BCUT2D eigenvalue weighted by Crippen LogP contribution is -2.19. The lowest BCUT2D eigenvalue weighted by atomic mass is 10.1. The van der Waals surface area contributed by atoms with Crippen LogP contribution in [-0.2, 0) is 0 Å². The Morgan fingerprint density at radius 3 is 3.11 bits per heavy atom. The van der Waals surface area contributed by atoms with Crippen LogP contribution in [0.1, 0.15) is 18.0 Å². The molecular formula is C13H19N5O. The largest absolute Gasteiger partial charge is 0.487 e. The Kier molecular flexibility index (Phi) is 4.97. The zero-order chi connectivity index (χ0) is 13.5. The molecule has 1 aromatic heterocycles. The van der Waals surface area contributed by atoms with Gasteiger partial charge in [0.25, 0.3) is 0 Å². The Balaban J connectivity index is 1.97. The van der Waals surface area contributed by atoms with Crippen molar-refractivity contribution < 1.29 is 4.74 Å². The molecule has 0 radical (unpaired) electrons. The zero-order valence-electron chi connectivity index (χ0n) is 11.0. The number of rotatable bonds is 6. The van der Waals surface area contributed by atoms with Gasteiger partial charge in [-0.3, -0.25) is 4.98 Å². The van der Waals surface area contributed by atoms with E-state index in [0.717, 1.165) is 31.0 Å². The van der Waals surface area contributed by atoms with Gasteiger partial charge in [-0.25, -0.2) is 0 Å². The van der Waals surface area contributed by atoms with E-state index in [1.165, 1.54) is 6.21 Å². The molecule has 0 aliphatic carbocycles. The Morgan fingerprint density at radius 2 is 2.53 bits per heavy atom. The molecule has 1 fully saturated rings. The number of ether oxygens (including phenoxy) is 1. The van der Waals surface area contributed by atoms with Crippen LogP contribution in [0, 0.1) is 5.41 Å².